The van der Waals surface area contributed by atoms with Crippen LogP contribution in [0.15, 0.2) is 0 Å². The van der Waals surface area contributed by atoms with Crippen molar-refractivity contribution in [3.63, 3.8) is 0 Å². The minimum atomic E-state index is -0.595. The van der Waals surface area contributed by atoms with E-state index in [4.69, 9.17) is 5.73 Å². The molecule has 3 N–H and O–H groups in total. The monoisotopic (exact) mass is 305 g/mol. The number of thiophene rings is 1. The normalized spacial score (nSPS) is 19.5. The zero-order valence-corrected chi connectivity index (χ0v) is 13.9. The van der Waals surface area contributed by atoms with E-state index in [0.717, 1.165) is 24.8 Å². The van der Waals surface area contributed by atoms with Gasteiger partial charge in [0.25, 0.3) is 0 Å². The van der Waals surface area contributed by atoms with Crippen molar-refractivity contribution in [3.8, 4) is 6.07 Å². The summed E-state index contributed by atoms with van der Waals surface area (Å²) in [6.45, 7) is 8.03. The van der Waals surface area contributed by atoms with Crippen LogP contribution in [0.1, 0.15) is 50.1 Å². The second-order valence-corrected chi connectivity index (χ2v) is 8.11. The molecule has 0 bridgehead atoms. The average molecular weight is 305 g/mol. The number of nitriles is 1. The largest absolute Gasteiger partial charge is 0.319 e. The fourth-order valence-corrected chi connectivity index (χ4v) is 3.90. The second kappa shape index (κ2) is 5.78. The molecule has 2 unspecified atom stereocenters. The van der Waals surface area contributed by atoms with Crippen molar-refractivity contribution in [1.29, 1.82) is 5.26 Å². The van der Waals surface area contributed by atoms with E-state index in [9.17, 15) is 10.1 Å². The molecule has 1 amide bonds. The number of anilines is 1. The summed E-state index contributed by atoms with van der Waals surface area (Å²) in [5.74, 6) is 0.425. The highest BCUT2D eigenvalue weighted by Gasteiger charge is 2.30. The highest BCUT2D eigenvalue weighted by atomic mass is 32.1. The molecule has 1 heterocycles. The summed E-state index contributed by atoms with van der Waals surface area (Å²) in [5.41, 5.74) is 7.45. The average Bonchev–Trinajstić information content (AvgIpc) is 2.72. The van der Waals surface area contributed by atoms with Gasteiger partial charge in [-0.05, 0) is 36.2 Å². The van der Waals surface area contributed by atoms with Crippen LogP contribution in [0.25, 0.3) is 0 Å². The number of amides is 1. The number of carbonyl (C=O) groups is 1. The molecule has 21 heavy (non-hydrogen) atoms. The first-order valence-electron chi connectivity index (χ1n) is 7.35. The first-order chi connectivity index (χ1) is 9.74. The molecule has 0 aliphatic heterocycles. The van der Waals surface area contributed by atoms with Crippen molar-refractivity contribution >= 4 is 22.2 Å². The fraction of sp³-hybridized carbons (Fsp3) is 0.625. The molecule has 5 heteroatoms. The first kappa shape index (κ1) is 16.0. The first-order valence-corrected chi connectivity index (χ1v) is 8.16. The van der Waals surface area contributed by atoms with Crippen molar-refractivity contribution in [2.45, 2.75) is 53.0 Å². The summed E-state index contributed by atoms with van der Waals surface area (Å²) >= 11 is 1.54. The third-order valence-electron chi connectivity index (χ3n) is 4.08. The smallest absolute Gasteiger partial charge is 0.242 e. The third-order valence-corrected chi connectivity index (χ3v) is 5.25. The summed E-state index contributed by atoms with van der Waals surface area (Å²) in [6, 6.07) is 1.66. The van der Waals surface area contributed by atoms with Crippen LogP contribution in [0.2, 0.25) is 0 Å². The zero-order valence-electron chi connectivity index (χ0n) is 13.1. The lowest BCUT2D eigenvalue weighted by Crippen LogP contribution is -2.45. The maximum Gasteiger partial charge on any atom is 0.242 e. The molecular formula is C16H23N3OS. The summed E-state index contributed by atoms with van der Waals surface area (Å²) in [4.78, 5) is 13.5. The van der Waals surface area contributed by atoms with Crippen molar-refractivity contribution in [2.24, 2.45) is 17.1 Å². The second-order valence-electron chi connectivity index (χ2n) is 7.00. The number of carbonyl (C=O) groups excluding carboxylic acids is 1. The van der Waals surface area contributed by atoms with Gasteiger partial charge in [0.2, 0.25) is 5.91 Å². The third kappa shape index (κ3) is 3.28. The molecule has 114 valence electrons. The van der Waals surface area contributed by atoms with Gasteiger partial charge in [0.1, 0.15) is 11.1 Å². The Morgan fingerprint density at radius 3 is 2.76 bits per heavy atom. The van der Waals surface area contributed by atoms with E-state index in [-0.39, 0.29) is 11.3 Å². The van der Waals surface area contributed by atoms with Gasteiger partial charge in [0.15, 0.2) is 0 Å². The van der Waals surface area contributed by atoms with Crippen molar-refractivity contribution in [1.82, 2.24) is 0 Å². The Bertz CT molecular complexity index is 592. The van der Waals surface area contributed by atoms with Crippen LogP contribution in [0.3, 0.4) is 0 Å². The van der Waals surface area contributed by atoms with Gasteiger partial charge in [-0.25, -0.2) is 0 Å². The maximum absolute atomic E-state index is 12.3. The van der Waals surface area contributed by atoms with Gasteiger partial charge in [-0.2, -0.15) is 5.26 Å². The summed E-state index contributed by atoms with van der Waals surface area (Å²) in [7, 11) is 0. The quantitative estimate of drug-likeness (QED) is 0.881. The van der Waals surface area contributed by atoms with Crippen molar-refractivity contribution in [2.75, 3.05) is 5.32 Å². The van der Waals surface area contributed by atoms with E-state index in [1.807, 2.05) is 20.8 Å². The van der Waals surface area contributed by atoms with Gasteiger partial charge < -0.3 is 11.1 Å². The molecule has 1 aromatic rings. The minimum Gasteiger partial charge on any atom is -0.319 e. The number of nitrogens with zero attached hydrogens (tertiary/aromatic N) is 1. The topological polar surface area (TPSA) is 78.9 Å². The number of hydrogen-bond donors (Lipinski definition) is 2. The fourth-order valence-electron chi connectivity index (χ4n) is 2.54. The minimum absolute atomic E-state index is 0.217. The number of fused-ring (bicyclic) bond motifs is 1. The molecule has 0 saturated carbocycles. The van der Waals surface area contributed by atoms with Crippen molar-refractivity contribution in [3.05, 3.63) is 16.0 Å². The molecule has 0 radical (unpaired) electrons. The van der Waals surface area contributed by atoms with Crippen LogP contribution in [0, 0.1) is 22.7 Å². The Kier molecular flexibility index (Phi) is 4.40. The van der Waals surface area contributed by atoms with E-state index in [1.165, 1.54) is 16.2 Å². The van der Waals surface area contributed by atoms with Gasteiger partial charge in [-0.1, -0.05) is 27.7 Å². The lowest BCUT2D eigenvalue weighted by Gasteiger charge is -2.25. The number of rotatable bonds is 2. The molecular weight excluding hydrogens is 282 g/mol. The Balaban J connectivity index is 2.26. The lowest BCUT2D eigenvalue weighted by atomic mass is 9.87. The van der Waals surface area contributed by atoms with E-state index >= 15 is 0 Å². The highest BCUT2D eigenvalue weighted by molar-refractivity contribution is 7.16. The predicted molar refractivity (Wildman–Crippen MR) is 86.3 cm³/mol. The number of nitrogens with one attached hydrogen (secondary N) is 1. The molecule has 0 saturated heterocycles. The van der Waals surface area contributed by atoms with Crippen molar-refractivity contribution < 1.29 is 4.79 Å². The molecule has 2 rings (SSSR count). The van der Waals surface area contributed by atoms with Crippen LogP contribution in [0.5, 0.6) is 0 Å². The van der Waals surface area contributed by atoms with Gasteiger partial charge in [0.05, 0.1) is 11.6 Å². The Morgan fingerprint density at radius 2 is 2.19 bits per heavy atom. The van der Waals surface area contributed by atoms with Gasteiger partial charge in [-0.3, -0.25) is 4.79 Å². The Hall–Kier alpha value is -1.38. The van der Waals surface area contributed by atoms with E-state index in [0.29, 0.717) is 16.5 Å². The molecule has 0 aromatic carbocycles. The Labute approximate surface area is 130 Å². The molecule has 1 aliphatic carbocycles. The SMILES string of the molecule is CC1CCc2c(sc(NC(=O)C(N)C(C)(C)C)c2C#N)C1. The van der Waals surface area contributed by atoms with Crippen LogP contribution in [-0.2, 0) is 17.6 Å². The van der Waals surface area contributed by atoms with E-state index in [1.54, 1.807) is 0 Å². The molecule has 2 atom stereocenters. The van der Waals surface area contributed by atoms with Gasteiger partial charge in [-0.15, -0.1) is 11.3 Å². The van der Waals surface area contributed by atoms with Crippen LogP contribution in [0.4, 0.5) is 5.00 Å². The van der Waals surface area contributed by atoms with Gasteiger partial charge in [0, 0.05) is 4.88 Å². The molecule has 1 aromatic heterocycles. The number of nitrogens with two attached hydrogens (primary N) is 1. The standard InChI is InChI=1S/C16H23N3OS/c1-9-5-6-10-11(8-17)15(21-12(10)7-9)19-14(20)13(18)16(2,3)4/h9,13H,5-7,18H2,1-4H3,(H,19,20). The predicted octanol–water partition coefficient (Wildman–Crippen LogP) is 3.06. The summed E-state index contributed by atoms with van der Waals surface area (Å²) < 4.78 is 0. The summed E-state index contributed by atoms with van der Waals surface area (Å²) in [6.07, 6.45) is 3.03. The van der Waals surface area contributed by atoms with Crippen LogP contribution >= 0.6 is 11.3 Å². The molecule has 0 spiro atoms. The van der Waals surface area contributed by atoms with Crippen LogP contribution in [-0.4, -0.2) is 11.9 Å². The number of hydrogen-bond acceptors (Lipinski definition) is 4. The Morgan fingerprint density at radius 1 is 1.52 bits per heavy atom. The molecule has 0 fully saturated rings. The lowest BCUT2D eigenvalue weighted by molar-refractivity contribution is -0.119. The molecule has 1 aliphatic rings. The van der Waals surface area contributed by atoms with Gasteiger partial charge >= 0.3 is 0 Å². The van der Waals surface area contributed by atoms with E-state index in [2.05, 4.69) is 18.3 Å². The highest BCUT2D eigenvalue weighted by Crippen LogP contribution is 2.39. The summed E-state index contributed by atoms with van der Waals surface area (Å²) in [5, 5.41) is 13.0. The maximum atomic E-state index is 12.3. The molecule has 4 nitrogen and oxygen atoms in total. The van der Waals surface area contributed by atoms with E-state index < -0.39 is 6.04 Å². The van der Waals surface area contributed by atoms with Crippen LogP contribution < -0.4 is 11.1 Å². The zero-order chi connectivity index (χ0) is 15.8.